The Labute approximate surface area is 182 Å². The van der Waals surface area contributed by atoms with Gasteiger partial charge < -0.3 is 25.1 Å². The summed E-state index contributed by atoms with van der Waals surface area (Å²) < 4.78 is 6.26. The van der Waals surface area contributed by atoms with E-state index in [1.165, 1.54) is 25.0 Å². The van der Waals surface area contributed by atoms with Gasteiger partial charge in [0.2, 0.25) is 17.7 Å². The van der Waals surface area contributed by atoms with Gasteiger partial charge in [0.15, 0.2) is 0 Å². The van der Waals surface area contributed by atoms with Gasteiger partial charge in [-0.2, -0.15) is 0 Å². The second kappa shape index (κ2) is 14.0. The fraction of sp³-hybridized carbons (Fsp3) is 0.478. The van der Waals surface area contributed by atoms with Crippen LogP contribution in [0.25, 0.3) is 0 Å². The Kier molecular flexibility index (Phi) is 10.9. The van der Waals surface area contributed by atoms with Gasteiger partial charge in [0, 0.05) is 18.6 Å². The van der Waals surface area contributed by atoms with Crippen LogP contribution < -0.4 is 14.9 Å². The van der Waals surface area contributed by atoms with Crippen molar-refractivity contribution < 1.29 is 29.4 Å². The van der Waals surface area contributed by atoms with Gasteiger partial charge in [0.25, 0.3) is 0 Å². The van der Waals surface area contributed by atoms with E-state index < -0.39 is 17.7 Å². The van der Waals surface area contributed by atoms with Crippen LogP contribution in [0.2, 0.25) is 0 Å². The summed E-state index contributed by atoms with van der Waals surface area (Å²) in [7, 11) is 0. The van der Waals surface area contributed by atoms with Gasteiger partial charge in [-0.15, -0.1) is 4.73 Å². The number of nitrogens with zero attached hydrogens (tertiary/aromatic N) is 1. The van der Waals surface area contributed by atoms with Crippen molar-refractivity contribution in [1.82, 2.24) is 10.0 Å². The van der Waals surface area contributed by atoms with E-state index in [1.54, 1.807) is 0 Å². The predicted octanol–water partition coefficient (Wildman–Crippen LogP) is 3.56. The number of rotatable bonds is 15. The molecule has 0 bridgehead atoms. The standard InChI is InChI=1S/C23H32N2O6/c26-20(24-18-23(29)31-25-21(27)15-16-22(25)28)14-10-5-3-1-2-4-6-11-17-30-19-12-8-7-9-13-19/h7-9,12-13,15-16,27-28H,1-6,10-11,14,17-18H2,(H,24,26). The van der Waals surface area contributed by atoms with Crippen LogP contribution in [0.5, 0.6) is 17.5 Å². The molecule has 0 fully saturated rings. The smallest absolute Gasteiger partial charge is 0.352 e. The first-order valence-corrected chi connectivity index (χ1v) is 10.8. The van der Waals surface area contributed by atoms with Gasteiger partial charge in [0.1, 0.15) is 12.3 Å². The lowest BCUT2D eigenvalue weighted by atomic mass is 10.1. The molecule has 8 heteroatoms. The third-order valence-corrected chi connectivity index (χ3v) is 4.73. The number of hydrogen-bond donors (Lipinski definition) is 3. The highest BCUT2D eigenvalue weighted by molar-refractivity contribution is 5.81. The molecule has 0 aliphatic rings. The summed E-state index contributed by atoms with van der Waals surface area (Å²) in [5, 5.41) is 21.3. The Hall–Kier alpha value is -3.16. The number of carbonyl (C=O) groups excluding carboxylic acids is 2. The summed E-state index contributed by atoms with van der Waals surface area (Å²) >= 11 is 0. The number of ether oxygens (including phenoxy) is 1. The number of nitrogens with one attached hydrogen (secondary N) is 1. The molecule has 0 aliphatic carbocycles. The highest BCUT2D eigenvalue weighted by Gasteiger charge is 2.13. The average Bonchev–Trinajstić information content (AvgIpc) is 3.08. The van der Waals surface area contributed by atoms with Crippen LogP contribution in [0, 0.1) is 0 Å². The largest absolute Gasteiger partial charge is 0.494 e. The van der Waals surface area contributed by atoms with E-state index in [1.807, 2.05) is 30.3 Å². The lowest BCUT2D eigenvalue weighted by Crippen LogP contribution is -2.34. The van der Waals surface area contributed by atoms with Gasteiger partial charge in [-0.25, -0.2) is 4.79 Å². The van der Waals surface area contributed by atoms with E-state index in [-0.39, 0.29) is 12.5 Å². The monoisotopic (exact) mass is 432 g/mol. The van der Waals surface area contributed by atoms with E-state index in [0.29, 0.717) is 11.2 Å². The maximum absolute atomic E-state index is 11.8. The van der Waals surface area contributed by atoms with Crippen LogP contribution in [0.1, 0.15) is 57.8 Å². The summed E-state index contributed by atoms with van der Waals surface area (Å²) in [6.07, 6.45) is 8.91. The second-order valence-corrected chi connectivity index (χ2v) is 7.32. The Bertz CT molecular complexity index is 771. The number of hydrogen-bond acceptors (Lipinski definition) is 6. The molecule has 0 aliphatic heterocycles. The third kappa shape index (κ3) is 9.93. The molecular weight excluding hydrogens is 400 g/mol. The molecule has 0 saturated heterocycles. The maximum Gasteiger partial charge on any atom is 0.352 e. The summed E-state index contributed by atoms with van der Waals surface area (Å²) in [4.78, 5) is 28.2. The molecule has 0 atom stereocenters. The van der Waals surface area contributed by atoms with Crippen molar-refractivity contribution >= 4 is 11.9 Å². The Morgan fingerprint density at radius 1 is 0.806 bits per heavy atom. The fourth-order valence-electron chi connectivity index (χ4n) is 3.04. The molecule has 0 spiro atoms. The van der Waals surface area contributed by atoms with Crippen molar-refractivity contribution in [1.29, 1.82) is 0 Å². The molecule has 2 aromatic rings. The zero-order chi connectivity index (χ0) is 22.3. The molecule has 0 unspecified atom stereocenters. The Morgan fingerprint density at radius 2 is 1.39 bits per heavy atom. The van der Waals surface area contributed by atoms with Gasteiger partial charge >= 0.3 is 5.97 Å². The lowest BCUT2D eigenvalue weighted by Gasteiger charge is -2.08. The van der Waals surface area contributed by atoms with Crippen LogP contribution >= 0.6 is 0 Å². The third-order valence-electron chi connectivity index (χ3n) is 4.73. The van der Waals surface area contributed by atoms with E-state index in [9.17, 15) is 19.8 Å². The first-order chi connectivity index (χ1) is 15.1. The molecule has 0 radical (unpaired) electrons. The van der Waals surface area contributed by atoms with E-state index in [4.69, 9.17) is 9.57 Å². The average molecular weight is 433 g/mol. The van der Waals surface area contributed by atoms with E-state index >= 15 is 0 Å². The van der Waals surface area contributed by atoms with Gasteiger partial charge in [-0.3, -0.25) is 4.79 Å². The number of carbonyl (C=O) groups is 2. The minimum absolute atomic E-state index is 0.226. The Balaban J connectivity index is 1.38. The molecule has 1 aromatic carbocycles. The first kappa shape index (κ1) is 24.1. The van der Waals surface area contributed by atoms with Gasteiger partial charge in [0.05, 0.1) is 6.61 Å². The predicted molar refractivity (Wildman–Crippen MR) is 116 cm³/mol. The molecule has 1 aromatic heterocycles. The van der Waals surface area contributed by atoms with Gasteiger partial charge in [-0.1, -0.05) is 56.7 Å². The van der Waals surface area contributed by atoms with Crippen molar-refractivity contribution in [2.75, 3.05) is 13.2 Å². The molecule has 31 heavy (non-hydrogen) atoms. The molecule has 0 saturated carbocycles. The highest BCUT2D eigenvalue weighted by atomic mass is 16.7. The summed E-state index contributed by atoms with van der Waals surface area (Å²) in [6.45, 7) is 0.421. The first-order valence-electron chi connectivity index (χ1n) is 10.8. The molecule has 1 amide bonds. The van der Waals surface area contributed by atoms with Crippen molar-refractivity contribution in [3.63, 3.8) is 0 Å². The summed E-state index contributed by atoms with van der Waals surface area (Å²) in [5.74, 6) is -0.904. The molecule has 8 nitrogen and oxygen atoms in total. The molecule has 3 N–H and O–H groups in total. The lowest BCUT2D eigenvalue weighted by molar-refractivity contribution is -0.145. The topological polar surface area (TPSA) is 110 Å². The van der Waals surface area contributed by atoms with Crippen molar-refractivity contribution in [2.24, 2.45) is 0 Å². The van der Waals surface area contributed by atoms with Crippen LogP contribution in [-0.2, 0) is 9.59 Å². The van der Waals surface area contributed by atoms with Crippen LogP contribution in [0.15, 0.2) is 42.5 Å². The number of aromatic nitrogens is 1. The molecule has 170 valence electrons. The van der Waals surface area contributed by atoms with Crippen LogP contribution in [-0.4, -0.2) is 40.0 Å². The summed E-state index contributed by atoms with van der Waals surface area (Å²) in [6, 6.07) is 12.2. The quantitative estimate of drug-likeness (QED) is 0.371. The van der Waals surface area contributed by atoms with Crippen LogP contribution in [0.4, 0.5) is 0 Å². The second-order valence-electron chi connectivity index (χ2n) is 7.32. The molecular formula is C23H32N2O6. The number of unbranched alkanes of at least 4 members (excludes halogenated alkanes) is 7. The molecule has 1 heterocycles. The number of aromatic hydroxyl groups is 2. The van der Waals surface area contributed by atoms with E-state index in [2.05, 4.69) is 5.32 Å². The highest BCUT2D eigenvalue weighted by Crippen LogP contribution is 2.18. The Morgan fingerprint density at radius 3 is 2.03 bits per heavy atom. The maximum atomic E-state index is 11.8. The fourth-order valence-corrected chi connectivity index (χ4v) is 3.04. The molecule has 2 rings (SSSR count). The van der Waals surface area contributed by atoms with Crippen LogP contribution in [0.3, 0.4) is 0 Å². The number of benzene rings is 1. The van der Waals surface area contributed by atoms with Crippen molar-refractivity contribution in [3.8, 4) is 17.5 Å². The minimum Gasteiger partial charge on any atom is -0.494 e. The minimum atomic E-state index is -0.788. The van der Waals surface area contributed by atoms with E-state index in [0.717, 1.165) is 50.9 Å². The van der Waals surface area contributed by atoms with Gasteiger partial charge in [-0.05, 0) is 25.0 Å². The number of amides is 1. The van der Waals surface area contributed by atoms with Crippen molar-refractivity contribution in [2.45, 2.75) is 57.8 Å². The SMILES string of the molecule is O=C(CCCCCCCCCCOc1ccccc1)NCC(=O)On1c(O)ccc1O. The van der Waals surface area contributed by atoms with Crippen molar-refractivity contribution in [3.05, 3.63) is 42.5 Å². The number of para-hydroxylation sites is 1. The zero-order valence-corrected chi connectivity index (χ0v) is 17.8. The summed E-state index contributed by atoms with van der Waals surface area (Å²) in [5.41, 5.74) is 0. The normalized spacial score (nSPS) is 10.6. The zero-order valence-electron chi connectivity index (χ0n) is 17.8.